The summed E-state index contributed by atoms with van der Waals surface area (Å²) in [6, 6.07) is 14.7. The van der Waals surface area contributed by atoms with Gasteiger partial charge in [-0.2, -0.15) is 0 Å². The average molecular weight is 192 g/mol. The minimum absolute atomic E-state index is 1.07. The molecule has 0 aliphatic carbocycles. The van der Waals surface area contributed by atoms with Crippen LogP contribution < -0.4 is 0 Å². The summed E-state index contributed by atoms with van der Waals surface area (Å²) in [4.78, 5) is 4.47. The van der Waals surface area contributed by atoms with Crippen molar-refractivity contribution in [2.75, 3.05) is 0 Å². The molecule has 0 unspecified atom stereocenters. The van der Waals surface area contributed by atoms with E-state index < -0.39 is 0 Å². The van der Waals surface area contributed by atoms with Crippen molar-refractivity contribution in [2.45, 2.75) is 0 Å². The third-order valence-electron chi connectivity index (χ3n) is 3.00. The molecule has 4 aromatic rings. The van der Waals surface area contributed by atoms with E-state index in [0.717, 1.165) is 5.65 Å². The van der Waals surface area contributed by atoms with Crippen LogP contribution in [0.15, 0.2) is 48.7 Å². The Hall–Kier alpha value is -2.09. The van der Waals surface area contributed by atoms with Crippen LogP contribution in [0.25, 0.3) is 27.5 Å². The Kier molecular flexibility index (Phi) is 1.10. The van der Waals surface area contributed by atoms with Gasteiger partial charge in [0.25, 0.3) is 0 Å². The molecule has 0 aliphatic heterocycles. The van der Waals surface area contributed by atoms with Gasteiger partial charge in [-0.3, -0.25) is 4.40 Å². The molecule has 2 nitrogen and oxygen atoms in total. The summed E-state index contributed by atoms with van der Waals surface area (Å²) in [7, 11) is 0. The van der Waals surface area contributed by atoms with Gasteiger partial charge in [0.15, 0.2) is 0 Å². The summed E-state index contributed by atoms with van der Waals surface area (Å²) in [5, 5.41) is 2.52. The number of hydrogen-bond acceptors (Lipinski definition) is 1. The average Bonchev–Trinajstić information content (AvgIpc) is 2.85. The standard InChI is InChI=1S/C13H8N2/c1-2-6-11-10(5-1)12-7-3-4-9-8-14-13(11)15(9)12/h1-8H. The lowest BCUT2D eigenvalue weighted by Crippen LogP contribution is -1.79. The normalized spacial score (nSPS) is 12.0. The predicted octanol–water partition coefficient (Wildman–Crippen LogP) is 3.08. The predicted molar refractivity (Wildman–Crippen MR) is 61.4 cm³/mol. The molecule has 0 radical (unpaired) electrons. The third kappa shape index (κ3) is 0.734. The van der Waals surface area contributed by atoms with Crippen LogP contribution in [-0.4, -0.2) is 9.38 Å². The number of fused-ring (bicyclic) bond motifs is 3. The molecule has 1 aromatic carbocycles. The molecule has 4 rings (SSSR count). The molecule has 15 heavy (non-hydrogen) atoms. The fourth-order valence-corrected chi connectivity index (χ4v) is 2.35. The first-order chi connectivity index (χ1) is 7.45. The Morgan fingerprint density at radius 3 is 2.67 bits per heavy atom. The van der Waals surface area contributed by atoms with Gasteiger partial charge in [-0.25, -0.2) is 4.98 Å². The van der Waals surface area contributed by atoms with Crippen LogP contribution in [0.4, 0.5) is 0 Å². The highest BCUT2D eigenvalue weighted by atomic mass is 15.0. The van der Waals surface area contributed by atoms with Gasteiger partial charge in [-0.05, 0) is 12.1 Å². The second-order valence-corrected chi connectivity index (χ2v) is 3.80. The summed E-state index contributed by atoms with van der Waals surface area (Å²) < 4.78 is 2.21. The topological polar surface area (TPSA) is 17.3 Å². The van der Waals surface area contributed by atoms with Gasteiger partial charge in [0, 0.05) is 10.8 Å². The van der Waals surface area contributed by atoms with Gasteiger partial charge >= 0.3 is 0 Å². The van der Waals surface area contributed by atoms with E-state index in [1.807, 2.05) is 6.20 Å². The van der Waals surface area contributed by atoms with Crippen LogP contribution in [0.1, 0.15) is 0 Å². The summed E-state index contributed by atoms with van der Waals surface area (Å²) in [5.74, 6) is 0. The van der Waals surface area contributed by atoms with Crippen LogP contribution in [0.2, 0.25) is 0 Å². The Morgan fingerprint density at radius 1 is 0.867 bits per heavy atom. The molecule has 0 aliphatic rings. The van der Waals surface area contributed by atoms with Crippen molar-refractivity contribution in [3.8, 4) is 0 Å². The van der Waals surface area contributed by atoms with E-state index in [1.54, 1.807) is 0 Å². The molecule has 0 amide bonds. The molecular formula is C13H8N2. The lowest BCUT2D eigenvalue weighted by molar-refractivity contribution is 1.33. The molecule has 0 saturated heterocycles. The minimum Gasteiger partial charge on any atom is -0.292 e. The van der Waals surface area contributed by atoms with E-state index in [4.69, 9.17) is 0 Å². The number of pyridine rings is 1. The maximum atomic E-state index is 4.47. The molecule has 0 saturated carbocycles. The Morgan fingerprint density at radius 2 is 1.73 bits per heavy atom. The van der Waals surface area contributed by atoms with Crippen molar-refractivity contribution in [2.24, 2.45) is 0 Å². The molecule has 0 N–H and O–H groups in total. The number of benzene rings is 1. The fraction of sp³-hybridized carbons (Fsp3) is 0. The van der Waals surface area contributed by atoms with Gasteiger partial charge in [-0.1, -0.05) is 30.3 Å². The molecule has 3 aromatic heterocycles. The largest absolute Gasteiger partial charge is 0.292 e. The van der Waals surface area contributed by atoms with Crippen molar-refractivity contribution in [3.05, 3.63) is 48.7 Å². The number of rotatable bonds is 0. The second kappa shape index (κ2) is 2.28. The molecule has 0 atom stereocenters. The Bertz CT molecular complexity index is 745. The highest BCUT2D eigenvalue weighted by Gasteiger charge is 2.10. The minimum atomic E-state index is 1.07. The Labute approximate surface area is 86.1 Å². The summed E-state index contributed by atoms with van der Waals surface area (Å²) in [6.07, 6.45) is 1.93. The molecule has 0 bridgehead atoms. The van der Waals surface area contributed by atoms with Crippen molar-refractivity contribution >= 4 is 27.5 Å². The van der Waals surface area contributed by atoms with Crippen LogP contribution >= 0.6 is 0 Å². The van der Waals surface area contributed by atoms with Gasteiger partial charge in [0.05, 0.1) is 17.2 Å². The van der Waals surface area contributed by atoms with Crippen LogP contribution in [0.3, 0.4) is 0 Å². The lowest BCUT2D eigenvalue weighted by atomic mass is 10.2. The van der Waals surface area contributed by atoms with Gasteiger partial charge in [0.2, 0.25) is 0 Å². The molecule has 0 fully saturated rings. The van der Waals surface area contributed by atoms with Crippen molar-refractivity contribution in [3.63, 3.8) is 0 Å². The van der Waals surface area contributed by atoms with Crippen LogP contribution in [-0.2, 0) is 0 Å². The van der Waals surface area contributed by atoms with E-state index in [1.165, 1.54) is 21.8 Å². The molecular weight excluding hydrogens is 184 g/mol. The first-order valence-corrected chi connectivity index (χ1v) is 5.01. The highest BCUT2D eigenvalue weighted by Crippen LogP contribution is 2.29. The van der Waals surface area contributed by atoms with E-state index in [0.29, 0.717) is 0 Å². The van der Waals surface area contributed by atoms with Gasteiger partial charge < -0.3 is 0 Å². The maximum Gasteiger partial charge on any atom is 0.145 e. The fourth-order valence-electron chi connectivity index (χ4n) is 2.35. The third-order valence-corrected chi connectivity index (χ3v) is 3.00. The summed E-state index contributed by atoms with van der Waals surface area (Å²) >= 11 is 0. The zero-order valence-electron chi connectivity index (χ0n) is 8.01. The number of hydrogen-bond donors (Lipinski definition) is 0. The molecule has 3 heterocycles. The van der Waals surface area contributed by atoms with E-state index in [-0.39, 0.29) is 0 Å². The monoisotopic (exact) mass is 192 g/mol. The zero-order valence-corrected chi connectivity index (χ0v) is 8.01. The molecule has 2 heteroatoms. The highest BCUT2D eigenvalue weighted by molar-refractivity contribution is 6.08. The second-order valence-electron chi connectivity index (χ2n) is 3.80. The molecule has 0 spiro atoms. The first-order valence-electron chi connectivity index (χ1n) is 5.01. The van der Waals surface area contributed by atoms with Crippen molar-refractivity contribution < 1.29 is 0 Å². The van der Waals surface area contributed by atoms with Crippen molar-refractivity contribution in [1.82, 2.24) is 9.38 Å². The quantitative estimate of drug-likeness (QED) is 0.418. The number of imidazole rings is 1. The first kappa shape index (κ1) is 7.23. The maximum absolute atomic E-state index is 4.47. The lowest BCUT2D eigenvalue weighted by Gasteiger charge is -1.93. The van der Waals surface area contributed by atoms with E-state index >= 15 is 0 Å². The van der Waals surface area contributed by atoms with Gasteiger partial charge in [-0.15, -0.1) is 0 Å². The van der Waals surface area contributed by atoms with E-state index in [9.17, 15) is 0 Å². The van der Waals surface area contributed by atoms with Gasteiger partial charge in [0.1, 0.15) is 5.65 Å². The van der Waals surface area contributed by atoms with Crippen LogP contribution in [0.5, 0.6) is 0 Å². The van der Waals surface area contributed by atoms with Crippen LogP contribution in [0, 0.1) is 0 Å². The zero-order chi connectivity index (χ0) is 9.83. The smallest absolute Gasteiger partial charge is 0.145 e. The van der Waals surface area contributed by atoms with Crippen molar-refractivity contribution in [1.29, 1.82) is 0 Å². The van der Waals surface area contributed by atoms with E-state index in [2.05, 4.69) is 51.8 Å². The molecule has 70 valence electrons. The number of nitrogens with zero attached hydrogens (tertiary/aromatic N) is 2. The Balaban J connectivity index is 2.53. The number of aromatic nitrogens is 2. The SMILES string of the molecule is c1ccc2c(c1)c1cccc3cnc2n31. The summed E-state index contributed by atoms with van der Waals surface area (Å²) in [6.45, 7) is 0. The summed E-state index contributed by atoms with van der Waals surface area (Å²) in [5.41, 5.74) is 3.48.